The fraction of sp³-hybridized carbons (Fsp3) is 0.538. The molecule has 2 heterocycles. The van der Waals surface area contributed by atoms with Crippen LogP contribution in [0.15, 0.2) is 6.33 Å². The fourth-order valence-corrected chi connectivity index (χ4v) is 3.16. The Bertz CT molecular complexity index is 577. The number of rotatable bonds is 4. The Morgan fingerprint density at radius 1 is 1.44 bits per heavy atom. The zero-order chi connectivity index (χ0) is 12.7. The predicted molar refractivity (Wildman–Crippen MR) is 74.1 cm³/mol. The third kappa shape index (κ3) is 2.08. The van der Waals surface area contributed by atoms with Gasteiger partial charge < -0.3 is 10.4 Å². The van der Waals surface area contributed by atoms with Crippen LogP contribution in [0.3, 0.4) is 0 Å². The van der Waals surface area contributed by atoms with Crippen LogP contribution in [-0.4, -0.2) is 27.7 Å². The van der Waals surface area contributed by atoms with E-state index in [9.17, 15) is 5.11 Å². The molecule has 0 saturated heterocycles. The molecule has 2 aromatic rings. The number of hydrogen-bond donors (Lipinski definition) is 2. The highest BCUT2D eigenvalue weighted by Crippen LogP contribution is 2.34. The smallest absolute Gasteiger partial charge is 0.138 e. The maximum atomic E-state index is 9.89. The lowest BCUT2D eigenvalue weighted by Gasteiger charge is -2.11. The van der Waals surface area contributed by atoms with Crippen LogP contribution in [-0.2, 0) is 0 Å². The third-order valence-corrected chi connectivity index (χ3v) is 4.73. The first-order valence-electron chi connectivity index (χ1n) is 6.29. The molecule has 1 unspecified atom stereocenters. The van der Waals surface area contributed by atoms with Gasteiger partial charge in [-0.1, -0.05) is 0 Å². The quantitative estimate of drug-likeness (QED) is 0.890. The van der Waals surface area contributed by atoms with Gasteiger partial charge in [0.15, 0.2) is 0 Å². The SMILES string of the molecule is Cc1sc2ncnc(NCC(O)C3CC3)c2c1C. The molecule has 1 atom stereocenters. The molecule has 0 bridgehead atoms. The number of fused-ring (bicyclic) bond motifs is 1. The highest BCUT2D eigenvalue weighted by atomic mass is 32.1. The van der Waals surface area contributed by atoms with E-state index in [0.29, 0.717) is 12.5 Å². The number of hydrogen-bond acceptors (Lipinski definition) is 5. The van der Waals surface area contributed by atoms with Gasteiger partial charge in [0.1, 0.15) is 17.0 Å². The number of aliphatic hydroxyl groups excluding tert-OH is 1. The van der Waals surface area contributed by atoms with Crippen molar-refractivity contribution in [3.8, 4) is 0 Å². The van der Waals surface area contributed by atoms with Gasteiger partial charge in [-0.05, 0) is 38.2 Å². The number of aromatic nitrogens is 2. The Labute approximate surface area is 110 Å². The molecule has 0 spiro atoms. The summed E-state index contributed by atoms with van der Waals surface area (Å²) in [7, 11) is 0. The molecular weight excluding hydrogens is 246 g/mol. The molecule has 1 aliphatic carbocycles. The minimum absolute atomic E-state index is 0.255. The normalized spacial score (nSPS) is 17.1. The summed E-state index contributed by atoms with van der Waals surface area (Å²) in [6.07, 6.45) is 3.64. The van der Waals surface area contributed by atoms with Crippen LogP contribution in [0.2, 0.25) is 0 Å². The van der Waals surface area contributed by atoms with E-state index in [0.717, 1.165) is 28.9 Å². The monoisotopic (exact) mass is 263 g/mol. The van der Waals surface area contributed by atoms with Crippen molar-refractivity contribution in [2.45, 2.75) is 32.8 Å². The van der Waals surface area contributed by atoms with Crippen molar-refractivity contribution < 1.29 is 5.11 Å². The average Bonchev–Trinajstić information content (AvgIpc) is 3.15. The number of nitrogens with one attached hydrogen (secondary N) is 1. The van der Waals surface area contributed by atoms with Gasteiger partial charge in [-0.25, -0.2) is 9.97 Å². The molecule has 4 nitrogen and oxygen atoms in total. The Morgan fingerprint density at radius 2 is 2.22 bits per heavy atom. The fourth-order valence-electron chi connectivity index (χ4n) is 2.17. The van der Waals surface area contributed by atoms with Gasteiger partial charge in [0.2, 0.25) is 0 Å². The van der Waals surface area contributed by atoms with Crippen molar-refractivity contribution in [2.24, 2.45) is 5.92 Å². The lowest BCUT2D eigenvalue weighted by atomic mass is 10.2. The second kappa shape index (κ2) is 4.48. The summed E-state index contributed by atoms with van der Waals surface area (Å²) in [4.78, 5) is 10.9. The first-order valence-corrected chi connectivity index (χ1v) is 7.11. The van der Waals surface area contributed by atoms with Crippen LogP contribution in [0.1, 0.15) is 23.3 Å². The van der Waals surface area contributed by atoms with Crippen LogP contribution in [0, 0.1) is 19.8 Å². The summed E-state index contributed by atoms with van der Waals surface area (Å²) in [5.41, 5.74) is 1.24. The Hall–Kier alpha value is -1.20. The molecule has 0 amide bonds. The van der Waals surface area contributed by atoms with E-state index in [-0.39, 0.29) is 6.10 Å². The zero-order valence-electron chi connectivity index (χ0n) is 10.6. The average molecular weight is 263 g/mol. The number of nitrogens with zero attached hydrogens (tertiary/aromatic N) is 2. The van der Waals surface area contributed by atoms with Crippen molar-refractivity contribution in [1.82, 2.24) is 9.97 Å². The first kappa shape index (κ1) is 11.9. The topological polar surface area (TPSA) is 58.0 Å². The van der Waals surface area contributed by atoms with Crippen molar-refractivity contribution in [1.29, 1.82) is 0 Å². The summed E-state index contributed by atoms with van der Waals surface area (Å²) < 4.78 is 0. The lowest BCUT2D eigenvalue weighted by molar-refractivity contribution is 0.164. The van der Waals surface area contributed by atoms with E-state index >= 15 is 0 Å². The van der Waals surface area contributed by atoms with Crippen molar-refractivity contribution in [2.75, 3.05) is 11.9 Å². The highest BCUT2D eigenvalue weighted by Gasteiger charge is 2.29. The van der Waals surface area contributed by atoms with E-state index in [1.54, 1.807) is 17.7 Å². The highest BCUT2D eigenvalue weighted by molar-refractivity contribution is 7.18. The standard InChI is InChI=1S/C13H17N3OS/c1-7-8(2)18-13-11(7)12(15-6-16-13)14-5-10(17)9-3-4-9/h6,9-10,17H,3-5H2,1-2H3,(H,14,15,16). The lowest BCUT2D eigenvalue weighted by Crippen LogP contribution is -2.21. The maximum absolute atomic E-state index is 9.89. The first-order chi connectivity index (χ1) is 8.66. The van der Waals surface area contributed by atoms with Crippen LogP contribution >= 0.6 is 11.3 Å². The van der Waals surface area contributed by atoms with E-state index < -0.39 is 0 Å². The molecule has 18 heavy (non-hydrogen) atoms. The van der Waals surface area contributed by atoms with Crippen LogP contribution in [0.5, 0.6) is 0 Å². The van der Waals surface area contributed by atoms with Gasteiger partial charge in [-0.15, -0.1) is 11.3 Å². The summed E-state index contributed by atoms with van der Waals surface area (Å²) in [6, 6.07) is 0. The van der Waals surface area contributed by atoms with E-state index in [1.165, 1.54) is 10.4 Å². The van der Waals surface area contributed by atoms with Crippen LogP contribution < -0.4 is 5.32 Å². The summed E-state index contributed by atoms with van der Waals surface area (Å²) >= 11 is 1.69. The maximum Gasteiger partial charge on any atom is 0.138 e. The third-order valence-electron chi connectivity index (χ3n) is 3.61. The van der Waals surface area contributed by atoms with Crippen molar-refractivity contribution >= 4 is 27.4 Å². The predicted octanol–water partition coefficient (Wildman–Crippen LogP) is 2.49. The number of anilines is 1. The number of aliphatic hydroxyl groups is 1. The van der Waals surface area contributed by atoms with Crippen molar-refractivity contribution in [3.63, 3.8) is 0 Å². The molecule has 2 aromatic heterocycles. The summed E-state index contributed by atoms with van der Waals surface area (Å²) in [5.74, 6) is 1.33. The molecule has 2 N–H and O–H groups in total. The number of aryl methyl sites for hydroxylation is 2. The van der Waals surface area contributed by atoms with Gasteiger partial charge in [0, 0.05) is 11.4 Å². The molecule has 1 aliphatic rings. The second-order valence-corrected chi connectivity index (χ2v) is 6.17. The molecule has 1 fully saturated rings. The molecule has 0 aromatic carbocycles. The second-order valence-electron chi connectivity index (χ2n) is 4.97. The van der Waals surface area contributed by atoms with E-state index in [2.05, 4.69) is 29.1 Å². The van der Waals surface area contributed by atoms with Gasteiger partial charge >= 0.3 is 0 Å². The molecule has 5 heteroatoms. The van der Waals surface area contributed by atoms with Crippen LogP contribution in [0.4, 0.5) is 5.82 Å². The van der Waals surface area contributed by atoms with E-state index in [4.69, 9.17) is 0 Å². The molecule has 1 saturated carbocycles. The Kier molecular flexibility index (Phi) is 2.95. The minimum atomic E-state index is -0.255. The van der Waals surface area contributed by atoms with Gasteiger partial charge in [-0.2, -0.15) is 0 Å². The van der Waals surface area contributed by atoms with Crippen LogP contribution in [0.25, 0.3) is 10.2 Å². The minimum Gasteiger partial charge on any atom is -0.391 e. The molecular formula is C13H17N3OS. The largest absolute Gasteiger partial charge is 0.391 e. The van der Waals surface area contributed by atoms with E-state index in [1.807, 2.05) is 0 Å². The molecule has 3 rings (SSSR count). The van der Waals surface area contributed by atoms with Gasteiger partial charge in [0.05, 0.1) is 11.5 Å². The zero-order valence-corrected chi connectivity index (χ0v) is 11.4. The summed E-state index contributed by atoms with van der Waals surface area (Å²) in [5, 5.41) is 14.3. The molecule has 96 valence electrons. The molecule has 0 aliphatic heterocycles. The van der Waals surface area contributed by atoms with Crippen molar-refractivity contribution in [3.05, 3.63) is 16.8 Å². The van der Waals surface area contributed by atoms with Gasteiger partial charge in [0.25, 0.3) is 0 Å². The summed E-state index contributed by atoms with van der Waals surface area (Å²) in [6.45, 7) is 4.77. The Morgan fingerprint density at radius 3 is 2.94 bits per heavy atom. The van der Waals surface area contributed by atoms with Gasteiger partial charge in [-0.3, -0.25) is 0 Å². The number of thiophene rings is 1. The Balaban J connectivity index is 1.86. The molecule has 0 radical (unpaired) electrons.